The zero-order valence-electron chi connectivity index (χ0n) is 13.6. The number of benzene rings is 2. The number of carbonyl (C=O) groups is 2. The van der Waals surface area contributed by atoms with Crippen LogP contribution in [0, 0.1) is 0 Å². The van der Waals surface area contributed by atoms with E-state index >= 15 is 0 Å². The van der Waals surface area contributed by atoms with Gasteiger partial charge in [0.25, 0.3) is 0 Å². The van der Waals surface area contributed by atoms with Crippen LogP contribution in [-0.2, 0) is 17.6 Å². The van der Waals surface area contributed by atoms with Crippen molar-refractivity contribution in [2.24, 2.45) is 0 Å². The van der Waals surface area contributed by atoms with Crippen molar-refractivity contribution < 1.29 is 19.4 Å². The first-order valence-corrected chi connectivity index (χ1v) is 7.80. The van der Waals surface area contributed by atoms with E-state index in [1.165, 1.54) is 0 Å². The lowest BCUT2D eigenvalue weighted by molar-refractivity contribution is -0.121. The minimum absolute atomic E-state index is 0.00738. The van der Waals surface area contributed by atoms with E-state index in [2.05, 4.69) is 5.32 Å². The summed E-state index contributed by atoms with van der Waals surface area (Å²) >= 11 is 0. The number of aryl methyl sites for hydroxylation is 1. The summed E-state index contributed by atoms with van der Waals surface area (Å²) in [7, 11) is 1.62. The van der Waals surface area contributed by atoms with Crippen molar-refractivity contribution >= 4 is 11.9 Å². The molecule has 1 amide bonds. The number of carboxylic acid groups (broad SMARTS) is 1. The molecule has 5 heteroatoms. The van der Waals surface area contributed by atoms with Gasteiger partial charge >= 0.3 is 5.97 Å². The van der Waals surface area contributed by atoms with Crippen LogP contribution in [0.5, 0.6) is 5.75 Å². The molecule has 0 atom stereocenters. The highest BCUT2D eigenvalue weighted by Gasteiger charge is 2.04. The fourth-order valence-electron chi connectivity index (χ4n) is 2.30. The number of rotatable bonds is 8. The van der Waals surface area contributed by atoms with Gasteiger partial charge < -0.3 is 15.2 Å². The van der Waals surface area contributed by atoms with E-state index in [-0.39, 0.29) is 11.5 Å². The minimum atomic E-state index is -0.937. The molecule has 0 spiro atoms. The second-order valence-electron chi connectivity index (χ2n) is 5.45. The van der Waals surface area contributed by atoms with E-state index < -0.39 is 5.97 Å². The third-order valence-corrected chi connectivity index (χ3v) is 3.74. The lowest BCUT2D eigenvalue weighted by Gasteiger charge is -2.06. The van der Waals surface area contributed by atoms with Crippen molar-refractivity contribution in [3.63, 3.8) is 0 Å². The van der Waals surface area contributed by atoms with Crippen molar-refractivity contribution in [3.8, 4) is 5.75 Å². The molecule has 0 aliphatic rings. The van der Waals surface area contributed by atoms with Crippen molar-refractivity contribution in [3.05, 3.63) is 65.2 Å². The predicted octanol–water partition coefficient (Wildman–Crippen LogP) is 2.68. The number of hydrogen-bond acceptors (Lipinski definition) is 3. The summed E-state index contributed by atoms with van der Waals surface area (Å²) in [5.41, 5.74) is 2.35. The monoisotopic (exact) mass is 327 g/mol. The molecule has 5 nitrogen and oxygen atoms in total. The van der Waals surface area contributed by atoms with E-state index in [0.29, 0.717) is 25.8 Å². The molecule has 0 fully saturated rings. The smallest absolute Gasteiger partial charge is 0.335 e. The first kappa shape index (κ1) is 17.5. The summed E-state index contributed by atoms with van der Waals surface area (Å²) in [4.78, 5) is 22.6. The Morgan fingerprint density at radius 2 is 1.54 bits per heavy atom. The van der Waals surface area contributed by atoms with E-state index in [4.69, 9.17) is 9.84 Å². The van der Waals surface area contributed by atoms with Crippen molar-refractivity contribution in [2.75, 3.05) is 13.7 Å². The highest BCUT2D eigenvalue weighted by Crippen LogP contribution is 2.12. The van der Waals surface area contributed by atoms with Crippen LogP contribution < -0.4 is 10.1 Å². The fraction of sp³-hybridized carbons (Fsp3) is 0.263. The van der Waals surface area contributed by atoms with Gasteiger partial charge in [-0.25, -0.2) is 4.79 Å². The van der Waals surface area contributed by atoms with Gasteiger partial charge in [-0.05, 0) is 48.2 Å². The number of aromatic carboxylic acids is 1. The van der Waals surface area contributed by atoms with Gasteiger partial charge in [-0.15, -0.1) is 0 Å². The van der Waals surface area contributed by atoms with Gasteiger partial charge in [-0.3, -0.25) is 4.79 Å². The van der Waals surface area contributed by atoms with Gasteiger partial charge in [0.2, 0.25) is 5.91 Å². The van der Waals surface area contributed by atoms with E-state index in [0.717, 1.165) is 16.9 Å². The maximum atomic E-state index is 11.9. The number of carbonyl (C=O) groups excluding carboxylic acids is 1. The molecule has 0 aliphatic carbocycles. The van der Waals surface area contributed by atoms with E-state index in [9.17, 15) is 9.59 Å². The van der Waals surface area contributed by atoms with Crippen LogP contribution in [0.15, 0.2) is 48.5 Å². The van der Waals surface area contributed by atoms with Crippen LogP contribution in [0.1, 0.15) is 27.9 Å². The molecule has 0 aromatic heterocycles. The topological polar surface area (TPSA) is 75.6 Å². The third kappa shape index (κ3) is 5.43. The Morgan fingerprint density at radius 1 is 0.958 bits per heavy atom. The molecule has 0 heterocycles. The SMILES string of the molecule is COc1ccc(CCC(=O)NCCc2ccc(C(=O)O)cc2)cc1. The Labute approximate surface area is 141 Å². The summed E-state index contributed by atoms with van der Waals surface area (Å²) < 4.78 is 5.10. The highest BCUT2D eigenvalue weighted by atomic mass is 16.5. The van der Waals surface area contributed by atoms with Crippen molar-refractivity contribution in [1.82, 2.24) is 5.32 Å². The van der Waals surface area contributed by atoms with Gasteiger partial charge in [-0.2, -0.15) is 0 Å². The Hall–Kier alpha value is -2.82. The molecule has 2 N–H and O–H groups in total. The summed E-state index contributed by atoms with van der Waals surface area (Å²) in [6.07, 6.45) is 1.79. The Morgan fingerprint density at radius 3 is 2.12 bits per heavy atom. The molecule has 2 rings (SSSR count). The summed E-state index contributed by atoms with van der Waals surface area (Å²) in [5, 5.41) is 11.7. The molecule has 0 saturated heterocycles. The second-order valence-corrected chi connectivity index (χ2v) is 5.45. The molecule has 0 unspecified atom stereocenters. The lowest BCUT2D eigenvalue weighted by Crippen LogP contribution is -2.25. The third-order valence-electron chi connectivity index (χ3n) is 3.74. The second kappa shape index (κ2) is 8.72. The average Bonchev–Trinajstić information content (AvgIpc) is 2.61. The number of amides is 1. The Bertz CT molecular complexity index is 678. The zero-order chi connectivity index (χ0) is 17.4. The molecule has 24 heavy (non-hydrogen) atoms. The standard InChI is InChI=1S/C19H21NO4/c1-24-17-9-4-14(5-10-17)6-11-18(21)20-13-12-15-2-7-16(8-3-15)19(22)23/h2-5,7-10H,6,11-13H2,1H3,(H,20,21)(H,22,23). The molecule has 2 aromatic rings. The number of carboxylic acids is 1. The van der Waals surface area contributed by atoms with Crippen LogP contribution in [0.3, 0.4) is 0 Å². The van der Waals surface area contributed by atoms with Crippen LogP contribution in [0.25, 0.3) is 0 Å². The molecule has 126 valence electrons. The largest absolute Gasteiger partial charge is 0.497 e. The summed E-state index contributed by atoms with van der Waals surface area (Å²) in [6.45, 7) is 0.536. The maximum Gasteiger partial charge on any atom is 0.335 e. The van der Waals surface area contributed by atoms with Gasteiger partial charge in [0.05, 0.1) is 12.7 Å². The average molecular weight is 327 g/mol. The quantitative estimate of drug-likeness (QED) is 0.781. The molecular weight excluding hydrogens is 306 g/mol. The molecule has 2 aromatic carbocycles. The highest BCUT2D eigenvalue weighted by molar-refractivity contribution is 5.87. The molecule has 0 aliphatic heterocycles. The number of ether oxygens (including phenoxy) is 1. The van der Waals surface area contributed by atoms with Gasteiger partial charge in [0, 0.05) is 13.0 Å². The van der Waals surface area contributed by atoms with Crippen molar-refractivity contribution in [1.29, 1.82) is 0 Å². The van der Waals surface area contributed by atoms with Crippen LogP contribution in [-0.4, -0.2) is 30.6 Å². The summed E-state index contributed by atoms with van der Waals surface area (Å²) in [6, 6.07) is 14.4. The minimum Gasteiger partial charge on any atom is -0.497 e. The predicted molar refractivity (Wildman–Crippen MR) is 91.4 cm³/mol. The Kier molecular flexibility index (Phi) is 6.37. The first-order chi connectivity index (χ1) is 11.6. The molecule has 0 radical (unpaired) electrons. The van der Waals surface area contributed by atoms with Crippen LogP contribution >= 0.6 is 0 Å². The molecular formula is C19H21NO4. The van der Waals surface area contributed by atoms with Crippen molar-refractivity contribution in [2.45, 2.75) is 19.3 Å². The number of nitrogens with one attached hydrogen (secondary N) is 1. The van der Waals surface area contributed by atoms with E-state index in [1.54, 1.807) is 31.4 Å². The lowest BCUT2D eigenvalue weighted by atomic mass is 10.1. The van der Waals surface area contributed by atoms with Crippen LogP contribution in [0.4, 0.5) is 0 Å². The van der Waals surface area contributed by atoms with E-state index in [1.807, 2.05) is 24.3 Å². The van der Waals surface area contributed by atoms with Crippen LogP contribution in [0.2, 0.25) is 0 Å². The molecule has 0 bridgehead atoms. The fourth-order valence-corrected chi connectivity index (χ4v) is 2.30. The Balaban J connectivity index is 1.69. The summed E-state index contributed by atoms with van der Waals surface area (Å²) in [5.74, 6) is -0.126. The number of methoxy groups -OCH3 is 1. The normalized spacial score (nSPS) is 10.2. The maximum absolute atomic E-state index is 11.9. The zero-order valence-corrected chi connectivity index (χ0v) is 13.6. The van der Waals surface area contributed by atoms with Gasteiger partial charge in [-0.1, -0.05) is 24.3 Å². The van der Waals surface area contributed by atoms with Gasteiger partial charge in [0.15, 0.2) is 0 Å². The first-order valence-electron chi connectivity index (χ1n) is 7.80. The number of hydrogen-bond donors (Lipinski definition) is 2. The molecule has 0 saturated carbocycles. The van der Waals surface area contributed by atoms with Gasteiger partial charge in [0.1, 0.15) is 5.75 Å².